The summed E-state index contributed by atoms with van der Waals surface area (Å²) in [4.78, 5) is 4.36. The summed E-state index contributed by atoms with van der Waals surface area (Å²) in [5.74, 6) is 0. The van der Waals surface area contributed by atoms with Crippen molar-refractivity contribution in [3.63, 3.8) is 0 Å². The fourth-order valence-corrected chi connectivity index (χ4v) is 3.39. The van der Waals surface area contributed by atoms with E-state index < -0.39 is 0 Å². The Morgan fingerprint density at radius 1 is 0.867 bits per heavy atom. The van der Waals surface area contributed by atoms with E-state index in [0.717, 1.165) is 35.4 Å². The molecule has 0 aliphatic carbocycles. The summed E-state index contributed by atoms with van der Waals surface area (Å²) in [5, 5.41) is 9.09. The van der Waals surface area contributed by atoms with Crippen LogP contribution in [0.3, 0.4) is 0 Å². The zero-order valence-electron chi connectivity index (χ0n) is 16.5. The third kappa shape index (κ3) is 5.05. The SMILES string of the molecule is Cl.N#Cc1ccc(/C(=C/Cc2cncn2Cc2ccccc2)c2ccccc2)cc1. The highest BCUT2D eigenvalue weighted by Gasteiger charge is 2.07. The number of nitriles is 1. The molecule has 0 radical (unpaired) electrons. The standard InChI is InChI=1S/C26H21N3.ClH/c27-17-21-11-13-24(14-12-21)26(23-9-5-2-6-10-23)16-15-25-18-28-20-29(25)19-22-7-3-1-4-8-22;/h1-14,16,18,20H,15,19H2;1H/b26-16+;. The molecule has 1 aromatic heterocycles. The largest absolute Gasteiger partial charge is 0.330 e. The monoisotopic (exact) mass is 411 g/mol. The molecule has 0 saturated heterocycles. The second-order valence-electron chi connectivity index (χ2n) is 6.88. The summed E-state index contributed by atoms with van der Waals surface area (Å²) in [5.41, 5.74) is 6.50. The summed E-state index contributed by atoms with van der Waals surface area (Å²) in [6.07, 6.45) is 6.84. The second kappa shape index (κ2) is 10.2. The molecule has 0 N–H and O–H groups in total. The fourth-order valence-electron chi connectivity index (χ4n) is 3.39. The molecule has 30 heavy (non-hydrogen) atoms. The topological polar surface area (TPSA) is 41.6 Å². The van der Waals surface area contributed by atoms with Gasteiger partial charge in [-0.15, -0.1) is 12.4 Å². The van der Waals surface area contributed by atoms with Crippen LogP contribution >= 0.6 is 12.4 Å². The first-order valence-corrected chi connectivity index (χ1v) is 9.62. The van der Waals surface area contributed by atoms with E-state index in [2.05, 4.69) is 58.1 Å². The number of hydrogen-bond donors (Lipinski definition) is 0. The highest BCUT2D eigenvalue weighted by atomic mass is 35.5. The number of rotatable bonds is 6. The van der Waals surface area contributed by atoms with E-state index in [-0.39, 0.29) is 12.4 Å². The van der Waals surface area contributed by atoms with Crippen molar-refractivity contribution >= 4 is 18.0 Å². The Balaban J connectivity index is 0.00000256. The lowest BCUT2D eigenvalue weighted by Gasteiger charge is -2.11. The first-order valence-electron chi connectivity index (χ1n) is 9.62. The molecule has 3 aromatic carbocycles. The van der Waals surface area contributed by atoms with Crippen molar-refractivity contribution in [2.45, 2.75) is 13.0 Å². The lowest BCUT2D eigenvalue weighted by molar-refractivity contribution is 0.757. The number of halogens is 1. The van der Waals surface area contributed by atoms with Gasteiger partial charge in [-0.1, -0.05) is 78.9 Å². The number of allylic oxidation sites excluding steroid dienone is 1. The lowest BCUT2D eigenvalue weighted by atomic mass is 9.96. The van der Waals surface area contributed by atoms with Crippen LogP contribution in [-0.4, -0.2) is 9.55 Å². The summed E-state index contributed by atoms with van der Waals surface area (Å²) >= 11 is 0. The van der Waals surface area contributed by atoms with Crippen molar-refractivity contribution in [2.24, 2.45) is 0 Å². The average Bonchev–Trinajstić information content (AvgIpc) is 3.22. The number of imidazole rings is 1. The molecule has 4 heteroatoms. The minimum atomic E-state index is 0. The molecule has 0 amide bonds. The van der Waals surface area contributed by atoms with Crippen molar-refractivity contribution in [1.29, 1.82) is 5.26 Å². The van der Waals surface area contributed by atoms with Crippen LogP contribution in [-0.2, 0) is 13.0 Å². The molecule has 0 fully saturated rings. The first kappa shape index (κ1) is 21.1. The number of aromatic nitrogens is 2. The van der Waals surface area contributed by atoms with Crippen LogP contribution in [0.2, 0.25) is 0 Å². The van der Waals surface area contributed by atoms with Crippen LogP contribution < -0.4 is 0 Å². The molecule has 148 valence electrons. The highest BCUT2D eigenvalue weighted by molar-refractivity contribution is 5.85. The molecule has 4 rings (SSSR count). The van der Waals surface area contributed by atoms with Gasteiger partial charge in [-0.3, -0.25) is 0 Å². The van der Waals surface area contributed by atoms with Gasteiger partial charge in [-0.2, -0.15) is 5.26 Å². The molecule has 0 spiro atoms. The molecular formula is C26H22ClN3. The van der Waals surface area contributed by atoms with E-state index in [0.29, 0.717) is 5.56 Å². The Labute approximate surface area is 183 Å². The Kier molecular flexibility index (Phi) is 7.21. The molecule has 0 aliphatic heterocycles. The Morgan fingerprint density at radius 2 is 1.50 bits per heavy atom. The molecule has 0 unspecified atom stereocenters. The second-order valence-corrected chi connectivity index (χ2v) is 6.88. The predicted molar refractivity (Wildman–Crippen MR) is 123 cm³/mol. The average molecular weight is 412 g/mol. The third-order valence-electron chi connectivity index (χ3n) is 4.92. The zero-order valence-corrected chi connectivity index (χ0v) is 17.3. The van der Waals surface area contributed by atoms with Gasteiger partial charge >= 0.3 is 0 Å². The van der Waals surface area contributed by atoms with Gasteiger partial charge in [0.05, 0.1) is 18.0 Å². The summed E-state index contributed by atoms with van der Waals surface area (Å²) in [7, 11) is 0. The smallest absolute Gasteiger partial charge is 0.0991 e. The Bertz CT molecular complexity index is 1140. The summed E-state index contributed by atoms with van der Waals surface area (Å²) < 4.78 is 2.19. The molecule has 0 atom stereocenters. The number of nitrogens with zero attached hydrogens (tertiary/aromatic N) is 3. The van der Waals surface area contributed by atoms with Gasteiger partial charge in [0.15, 0.2) is 0 Å². The first-order chi connectivity index (χ1) is 14.3. The van der Waals surface area contributed by atoms with Gasteiger partial charge in [0.2, 0.25) is 0 Å². The van der Waals surface area contributed by atoms with Crippen LogP contribution in [0.25, 0.3) is 5.57 Å². The van der Waals surface area contributed by atoms with E-state index in [4.69, 9.17) is 5.26 Å². The molecule has 1 heterocycles. The minimum Gasteiger partial charge on any atom is -0.330 e. The van der Waals surface area contributed by atoms with Gasteiger partial charge in [0.25, 0.3) is 0 Å². The van der Waals surface area contributed by atoms with Crippen molar-refractivity contribution in [2.75, 3.05) is 0 Å². The van der Waals surface area contributed by atoms with Gasteiger partial charge < -0.3 is 4.57 Å². The van der Waals surface area contributed by atoms with Crippen LogP contribution in [0, 0.1) is 11.3 Å². The Hall–Kier alpha value is -3.61. The van der Waals surface area contributed by atoms with Crippen LogP contribution in [0.4, 0.5) is 0 Å². The highest BCUT2D eigenvalue weighted by Crippen LogP contribution is 2.24. The number of benzene rings is 3. The van der Waals surface area contributed by atoms with Crippen molar-refractivity contribution in [1.82, 2.24) is 9.55 Å². The summed E-state index contributed by atoms with van der Waals surface area (Å²) in [6.45, 7) is 0.807. The quantitative estimate of drug-likeness (QED) is 0.396. The van der Waals surface area contributed by atoms with E-state index in [1.54, 1.807) is 0 Å². The predicted octanol–water partition coefficient (Wildman–Crippen LogP) is 5.90. The maximum atomic E-state index is 9.09. The van der Waals surface area contributed by atoms with E-state index in [1.165, 1.54) is 5.56 Å². The molecule has 0 aliphatic rings. The Morgan fingerprint density at radius 3 is 2.17 bits per heavy atom. The maximum absolute atomic E-state index is 9.09. The van der Waals surface area contributed by atoms with Gasteiger partial charge in [0, 0.05) is 24.9 Å². The van der Waals surface area contributed by atoms with Crippen LogP contribution in [0.5, 0.6) is 0 Å². The molecular weight excluding hydrogens is 390 g/mol. The van der Waals surface area contributed by atoms with Crippen LogP contribution in [0.15, 0.2) is 104 Å². The zero-order chi connectivity index (χ0) is 19.9. The van der Waals surface area contributed by atoms with Crippen molar-refractivity contribution < 1.29 is 0 Å². The number of hydrogen-bond acceptors (Lipinski definition) is 2. The van der Waals surface area contributed by atoms with Crippen LogP contribution in [0.1, 0.15) is 27.9 Å². The summed E-state index contributed by atoms with van der Waals surface area (Å²) in [6, 6.07) is 30.7. The lowest BCUT2D eigenvalue weighted by Crippen LogP contribution is -2.02. The van der Waals surface area contributed by atoms with Gasteiger partial charge in [-0.25, -0.2) is 4.98 Å². The van der Waals surface area contributed by atoms with Crippen molar-refractivity contribution in [3.05, 3.63) is 131 Å². The molecule has 3 nitrogen and oxygen atoms in total. The van der Waals surface area contributed by atoms with Gasteiger partial charge in [0.1, 0.15) is 0 Å². The maximum Gasteiger partial charge on any atom is 0.0991 e. The van der Waals surface area contributed by atoms with Gasteiger partial charge in [-0.05, 0) is 34.4 Å². The van der Waals surface area contributed by atoms with Crippen molar-refractivity contribution in [3.8, 4) is 6.07 Å². The van der Waals surface area contributed by atoms with E-state index in [9.17, 15) is 0 Å². The fraction of sp³-hybridized carbons (Fsp3) is 0.0769. The minimum absolute atomic E-state index is 0. The molecule has 0 bridgehead atoms. The normalized spacial score (nSPS) is 10.8. The van der Waals surface area contributed by atoms with E-state index >= 15 is 0 Å². The third-order valence-corrected chi connectivity index (χ3v) is 4.92. The molecule has 0 saturated carbocycles. The molecule has 4 aromatic rings. The van der Waals surface area contributed by atoms with E-state index in [1.807, 2.05) is 61.1 Å².